The maximum absolute atomic E-state index is 12.8. The molecule has 2 heterocycles. The minimum absolute atomic E-state index is 0.312. The highest BCUT2D eigenvalue weighted by atomic mass is 32.1. The van der Waals surface area contributed by atoms with Crippen molar-refractivity contribution in [2.45, 2.75) is 38.6 Å². The van der Waals surface area contributed by atoms with Gasteiger partial charge in [0.15, 0.2) is 0 Å². The number of aryl methyl sites for hydroxylation is 1. The van der Waals surface area contributed by atoms with Crippen LogP contribution in [0.3, 0.4) is 0 Å². The molecule has 2 aromatic rings. The summed E-state index contributed by atoms with van der Waals surface area (Å²) in [6, 6.07) is 7.77. The Kier molecular flexibility index (Phi) is 4.28. The standard InChI is InChI=1S/C20H17N3O3S/c1-11(23-19(25)13-7-2-3-8-14(13)20(23)26)17(24)22-18-15(10-21)12-6-4-5-9-16(12)27-18/h2-3,7-8,11H,4-6,9H2,1H3,(H,22,24)/t11-/m1/s1. The molecule has 0 fully saturated rings. The highest BCUT2D eigenvalue weighted by Crippen LogP contribution is 2.38. The molecule has 3 amide bonds. The number of imide groups is 1. The summed E-state index contributed by atoms with van der Waals surface area (Å²) >= 11 is 1.42. The number of hydrogen-bond acceptors (Lipinski definition) is 5. The van der Waals surface area contributed by atoms with Crippen LogP contribution in [-0.2, 0) is 17.6 Å². The van der Waals surface area contributed by atoms with E-state index in [0.29, 0.717) is 21.7 Å². The largest absolute Gasteiger partial charge is 0.315 e. The van der Waals surface area contributed by atoms with Gasteiger partial charge in [-0.3, -0.25) is 19.3 Å². The van der Waals surface area contributed by atoms with Crippen LogP contribution in [0.5, 0.6) is 0 Å². The van der Waals surface area contributed by atoms with Crippen LogP contribution < -0.4 is 5.32 Å². The zero-order chi connectivity index (χ0) is 19.1. The fraction of sp³-hybridized carbons (Fsp3) is 0.300. The van der Waals surface area contributed by atoms with Crippen LogP contribution in [0, 0.1) is 11.3 Å². The van der Waals surface area contributed by atoms with Gasteiger partial charge in [-0.2, -0.15) is 5.26 Å². The topological polar surface area (TPSA) is 90.3 Å². The number of benzene rings is 1. The molecular formula is C20H17N3O3S. The average molecular weight is 379 g/mol. The highest BCUT2D eigenvalue weighted by Gasteiger charge is 2.40. The number of nitriles is 1. The van der Waals surface area contributed by atoms with E-state index in [-0.39, 0.29) is 0 Å². The van der Waals surface area contributed by atoms with Crippen molar-refractivity contribution in [2.75, 3.05) is 5.32 Å². The number of nitrogens with one attached hydrogen (secondary N) is 1. The Morgan fingerprint density at radius 3 is 2.44 bits per heavy atom. The molecule has 1 aliphatic carbocycles. The molecular weight excluding hydrogens is 362 g/mol. The van der Waals surface area contributed by atoms with Crippen molar-refractivity contribution in [3.8, 4) is 6.07 Å². The minimum Gasteiger partial charge on any atom is -0.315 e. The summed E-state index contributed by atoms with van der Waals surface area (Å²) in [4.78, 5) is 40.0. The van der Waals surface area contributed by atoms with Gasteiger partial charge in [0, 0.05) is 4.88 Å². The predicted molar refractivity (Wildman–Crippen MR) is 101 cm³/mol. The predicted octanol–water partition coefficient (Wildman–Crippen LogP) is 3.12. The number of nitrogens with zero attached hydrogens (tertiary/aromatic N) is 2. The van der Waals surface area contributed by atoms with E-state index in [9.17, 15) is 19.6 Å². The lowest BCUT2D eigenvalue weighted by atomic mass is 9.96. The van der Waals surface area contributed by atoms with Crippen LogP contribution in [0.2, 0.25) is 0 Å². The monoisotopic (exact) mass is 379 g/mol. The van der Waals surface area contributed by atoms with Crippen LogP contribution in [-0.4, -0.2) is 28.7 Å². The lowest BCUT2D eigenvalue weighted by Crippen LogP contribution is -2.45. The van der Waals surface area contributed by atoms with Crippen molar-refractivity contribution in [2.24, 2.45) is 0 Å². The molecule has 4 rings (SSSR count). The number of carbonyl (C=O) groups excluding carboxylic acids is 3. The van der Waals surface area contributed by atoms with Gasteiger partial charge in [0.25, 0.3) is 11.8 Å². The SMILES string of the molecule is C[C@H](C(=O)Nc1sc2c(c1C#N)CCCC2)N1C(=O)c2ccccc2C1=O. The molecule has 0 bridgehead atoms. The third-order valence-electron chi connectivity index (χ3n) is 5.11. The molecule has 0 saturated carbocycles. The Labute approximate surface area is 160 Å². The molecule has 0 radical (unpaired) electrons. The van der Waals surface area contributed by atoms with Crippen molar-refractivity contribution in [1.29, 1.82) is 5.26 Å². The van der Waals surface area contributed by atoms with Gasteiger partial charge in [-0.1, -0.05) is 12.1 Å². The second kappa shape index (κ2) is 6.63. The number of carbonyl (C=O) groups is 3. The first-order valence-corrected chi connectivity index (χ1v) is 9.67. The molecule has 1 atom stereocenters. The van der Waals surface area contributed by atoms with Gasteiger partial charge in [-0.05, 0) is 50.3 Å². The number of fused-ring (bicyclic) bond motifs is 2. The molecule has 0 unspecified atom stereocenters. The van der Waals surface area contributed by atoms with E-state index in [4.69, 9.17) is 0 Å². The summed E-state index contributed by atoms with van der Waals surface area (Å²) in [5.41, 5.74) is 2.16. The Bertz CT molecular complexity index is 983. The van der Waals surface area contributed by atoms with Gasteiger partial charge in [0.2, 0.25) is 5.91 Å². The maximum Gasteiger partial charge on any atom is 0.262 e. The Balaban J connectivity index is 1.58. The van der Waals surface area contributed by atoms with E-state index in [1.807, 2.05) is 0 Å². The zero-order valence-corrected chi connectivity index (χ0v) is 15.6. The molecule has 6 nitrogen and oxygen atoms in total. The van der Waals surface area contributed by atoms with Gasteiger partial charge in [-0.25, -0.2) is 0 Å². The second-order valence-electron chi connectivity index (χ2n) is 6.72. The number of anilines is 1. The summed E-state index contributed by atoms with van der Waals surface area (Å²) in [7, 11) is 0. The van der Waals surface area contributed by atoms with E-state index in [2.05, 4.69) is 11.4 Å². The summed E-state index contributed by atoms with van der Waals surface area (Å²) in [6.45, 7) is 1.52. The normalized spacial score (nSPS) is 16.5. The van der Waals surface area contributed by atoms with Crippen LogP contribution >= 0.6 is 11.3 Å². The Morgan fingerprint density at radius 2 is 1.81 bits per heavy atom. The van der Waals surface area contributed by atoms with Crippen LogP contribution in [0.25, 0.3) is 0 Å². The quantitative estimate of drug-likeness (QED) is 0.830. The molecule has 1 aromatic heterocycles. The Morgan fingerprint density at radius 1 is 1.19 bits per heavy atom. The lowest BCUT2D eigenvalue weighted by Gasteiger charge is -2.21. The molecule has 1 aromatic carbocycles. The third kappa shape index (κ3) is 2.73. The smallest absolute Gasteiger partial charge is 0.262 e. The van der Waals surface area contributed by atoms with Gasteiger partial charge < -0.3 is 5.32 Å². The fourth-order valence-corrected chi connectivity index (χ4v) is 4.91. The molecule has 136 valence electrons. The van der Waals surface area contributed by atoms with E-state index >= 15 is 0 Å². The number of thiophene rings is 1. The average Bonchev–Trinajstić information content (AvgIpc) is 3.16. The lowest BCUT2D eigenvalue weighted by molar-refractivity contribution is -0.119. The molecule has 0 spiro atoms. The first-order chi connectivity index (χ1) is 13.0. The Hall–Kier alpha value is -2.98. The van der Waals surface area contributed by atoms with Crippen molar-refractivity contribution in [3.63, 3.8) is 0 Å². The summed E-state index contributed by atoms with van der Waals surface area (Å²) < 4.78 is 0. The summed E-state index contributed by atoms with van der Waals surface area (Å²) in [5.74, 6) is -1.41. The minimum atomic E-state index is -0.969. The van der Waals surface area contributed by atoms with E-state index < -0.39 is 23.8 Å². The molecule has 1 aliphatic heterocycles. The zero-order valence-electron chi connectivity index (χ0n) is 14.7. The number of amides is 3. The van der Waals surface area contributed by atoms with Crippen molar-refractivity contribution >= 4 is 34.1 Å². The van der Waals surface area contributed by atoms with Crippen molar-refractivity contribution in [3.05, 3.63) is 51.4 Å². The van der Waals surface area contributed by atoms with Crippen LogP contribution in [0.4, 0.5) is 5.00 Å². The molecule has 1 N–H and O–H groups in total. The number of hydrogen-bond donors (Lipinski definition) is 1. The maximum atomic E-state index is 12.8. The van der Waals surface area contributed by atoms with Crippen molar-refractivity contribution < 1.29 is 14.4 Å². The first-order valence-electron chi connectivity index (χ1n) is 8.85. The summed E-state index contributed by atoms with van der Waals surface area (Å²) in [5, 5.41) is 12.8. The summed E-state index contributed by atoms with van der Waals surface area (Å²) in [6.07, 6.45) is 3.88. The molecule has 0 saturated heterocycles. The van der Waals surface area contributed by atoms with Crippen LogP contribution in [0.15, 0.2) is 24.3 Å². The van der Waals surface area contributed by atoms with Gasteiger partial charge >= 0.3 is 0 Å². The van der Waals surface area contributed by atoms with Gasteiger partial charge in [0.05, 0.1) is 16.7 Å². The first kappa shape index (κ1) is 17.4. The second-order valence-corrected chi connectivity index (χ2v) is 7.82. The highest BCUT2D eigenvalue weighted by molar-refractivity contribution is 7.16. The van der Waals surface area contributed by atoms with Gasteiger partial charge in [-0.15, -0.1) is 11.3 Å². The van der Waals surface area contributed by atoms with E-state index in [1.54, 1.807) is 24.3 Å². The molecule has 2 aliphatic rings. The van der Waals surface area contributed by atoms with Crippen LogP contribution in [0.1, 0.15) is 56.5 Å². The number of rotatable bonds is 3. The van der Waals surface area contributed by atoms with Crippen molar-refractivity contribution in [1.82, 2.24) is 4.90 Å². The molecule has 7 heteroatoms. The van der Waals surface area contributed by atoms with E-state index in [0.717, 1.165) is 41.0 Å². The fourth-order valence-electron chi connectivity index (χ4n) is 3.67. The third-order valence-corrected chi connectivity index (χ3v) is 6.32. The molecule has 27 heavy (non-hydrogen) atoms. The van der Waals surface area contributed by atoms with E-state index in [1.165, 1.54) is 18.3 Å². The van der Waals surface area contributed by atoms with Gasteiger partial charge in [0.1, 0.15) is 17.1 Å².